The lowest BCUT2D eigenvalue weighted by atomic mass is 10.1. The molecule has 0 radical (unpaired) electrons. The second-order valence-corrected chi connectivity index (χ2v) is 7.75. The molecule has 0 bridgehead atoms. The molecular weight excluding hydrogens is 439 g/mol. The lowest BCUT2D eigenvalue weighted by Gasteiger charge is -2.10. The molecule has 0 saturated carbocycles. The number of hydrogen-bond acceptors (Lipinski definition) is 6. The molecule has 3 rings (SSSR count). The van der Waals surface area contributed by atoms with Gasteiger partial charge in [-0.2, -0.15) is 10.4 Å². The van der Waals surface area contributed by atoms with Crippen LogP contribution in [0.1, 0.15) is 46.3 Å². The van der Waals surface area contributed by atoms with Gasteiger partial charge in [-0.25, -0.2) is 13.9 Å². The summed E-state index contributed by atoms with van der Waals surface area (Å²) in [5, 5.41) is 16.7. The van der Waals surface area contributed by atoms with Crippen LogP contribution < -0.4 is 11.1 Å². The summed E-state index contributed by atoms with van der Waals surface area (Å²) >= 11 is 0. The summed E-state index contributed by atoms with van der Waals surface area (Å²) in [5.74, 6) is -0.804. The lowest BCUT2D eigenvalue weighted by molar-refractivity contribution is -0.121. The number of esters is 1. The minimum absolute atomic E-state index is 0.0761. The molecule has 9 nitrogen and oxygen atoms in total. The predicted molar refractivity (Wildman–Crippen MR) is 124 cm³/mol. The summed E-state index contributed by atoms with van der Waals surface area (Å²) in [4.78, 5) is 24.5. The topological polar surface area (TPSA) is 128 Å². The van der Waals surface area contributed by atoms with Crippen molar-refractivity contribution >= 4 is 17.7 Å². The molecular formula is C24H27FN6O3. The van der Waals surface area contributed by atoms with E-state index in [-0.39, 0.29) is 36.3 Å². The normalized spacial score (nSPS) is 10.7. The number of carbonyl (C=O) groups excluding carboxylic acids is 2. The van der Waals surface area contributed by atoms with E-state index in [9.17, 15) is 19.2 Å². The van der Waals surface area contributed by atoms with Crippen molar-refractivity contribution in [1.82, 2.24) is 19.7 Å². The smallest absolute Gasteiger partial charge is 0.339 e. The fraction of sp³-hybridized carbons (Fsp3) is 0.333. The number of nitrogens with zero attached hydrogens (tertiary/aromatic N) is 4. The molecule has 10 heteroatoms. The second kappa shape index (κ2) is 10.7. The van der Waals surface area contributed by atoms with Gasteiger partial charge in [-0.1, -0.05) is 0 Å². The van der Waals surface area contributed by atoms with E-state index < -0.39 is 5.97 Å². The summed E-state index contributed by atoms with van der Waals surface area (Å²) in [6.07, 6.45) is 0.966. The van der Waals surface area contributed by atoms with E-state index in [1.54, 1.807) is 24.5 Å². The van der Waals surface area contributed by atoms with E-state index in [0.29, 0.717) is 42.0 Å². The van der Waals surface area contributed by atoms with Crippen LogP contribution in [0.2, 0.25) is 0 Å². The number of aryl methyl sites for hydroxylation is 2. The van der Waals surface area contributed by atoms with E-state index in [0.717, 1.165) is 5.69 Å². The Balaban J connectivity index is 1.58. The number of benzene rings is 1. The minimum Gasteiger partial charge on any atom is -0.462 e. The Hall–Kier alpha value is -4.13. The van der Waals surface area contributed by atoms with Crippen molar-refractivity contribution in [1.29, 1.82) is 5.26 Å². The molecule has 0 aliphatic heterocycles. The number of anilines is 1. The van der Waals surface area contributed by atoms with Crippen LogP contribution in [0.25, 0.3) is 5.69 Å². The van der Waals surface area contributed by atoms with Crippen molar-refractivity contribution in [3.63, 3.8) is 0 Å². The number of carbonyl (C=O) groups is 2. The maximum atomic E-state index is 13.2. The third-order valence-corrected chi connectivity index (χ3v) is 5.46. The molecule has 0 aliphatic carbocycles. The van der Waals surface area contributed by atoms with E-state index in [1.807, 2.05) is 6.92 Å². The molecule has 3 aromatic rings. The van der Waals surface area contributed by atoms with Gasteiger partial charge < -0.3 is 20.4 Å². The molecule has 0 spiro atoms. The van der Waals surface area contributed by atoms with Gasteiger partial charge in [-0.05, 0) is 63.9 Å². The number of aromatic nitrogens is 3. The Morgan fingerprint density at radius 1 is 1.26 bits per heavy atom. The van der Waals surface area contributed by atoms with Gasteiger partial charge in [-0.15, -0.1) is 0 Å². The number of rotatable bonds is 9. The van der Waals surface area contributed by atoms with Crippen LogP contribution in [-0.4, -0.2) is 39.4 Å². The second-order valence-electron chi connectivity index (χ2n) is 7.75. The monoisotopic (exact) mass is 466 g/mol. The third kappa shape index (κ3) is 5.26. The van der Waals surface area contributed by atoms with Gasteiger partial charge in [0.15, 0.2) is 0 Å². The van der Waals surface area contributed by atoms with Gasteiger partial charge in [0, 0.05) is 17.9 Å². The van der Waals surface area contributed by atoms with Crippen molar-refractivity contribution in [3.8, 4) is 11.8 Å². The number of ether oxygens (including phenoxy) is 1. The summed E-state index contributed by atoms with van der Waals surface area (Å²) < 4.78 is 21.4. The first kappa shape index (κ1) is 24.5. The third-order valence-electron chi connectivity index (χ3n) is 5.46. The van der Waals surface area contributed by atoms with Crippen molar-refractivity contribution in [3.05, 3.63) is 64.4 Å². The zero-order chi connectivity index (χ0) is 24.8. The Morgan fingerprint density at radius 3 is 2.62 bits per heavy atom. The fourth-order valence-electron chi connectivity index (χ4n) is 3.70. The van der Waals surface area contributed by atoms with E-state index in [1.165, 1.54) is 28.9 Å². The van der Waals surface area contributed by atoms with E-state index >= 15 is 0 Å². The average molecular weight is 467 g/mol. The molecule has 0 atom stereocenters. The highest BCUT2D eigenvalue weighted by atomic mass is 19.1. The maximum absolute atomic E-state index is 13.2. The van der Waals surface area contributed by atoms with Crippen LogP contribution in [0, 0.1) is 31.0 Å². The Bertz CT molecular complexity index is 1240. The van der Waals surface area contributed by atoms with Gasteiger partial charge in [0.2, 0.25) is 5.91 Å². The number of hydrogen-bond donors (Lipinski definition) is 2. The number of nitrogens with one attached hydrogen (secondary N) is 1. The molecule has 34 heavy (non-hydrogen) atoms. The van der Waals surface area contributed by atoms with Crippen LogP contribution >= 0.6 is 0 Å². The van der Waals surface area contributed by atoms with Gasteiger partial charge in [-0.3, -0.25) is 4.79 Å². The number of amides is 1. The first-order valence-electron chi connectivity index (χ1n) is 10.9. The van der Waals surface area contributed by atoms with E-state index in [4.69, 9.17) is 10.5 Å². The molecule has 0 aliphatic rings. The molecule has 1 amide bonds. The summed E-state index contributed by atoms with van der Waals surface area (Å²) in [6, 6.07) is 9.43. The molecule has 2 aromatic heterocycles. The van der Waals surface area contributed by atoms with Gasteiger partial charge in [0.25, 0.3) is 0 Å². The number of nitrogens with two attached hydrogens (primary N) is 1. The van der Waals surface area contributed by atoms with Crippen molar-refractivity contribution < 1.29 is 18.7 Å². The lowest BCUT2D eigenvalue weighted by Crippen LogP contribution is -2.29. The first-order valence-corrected chi connectivity index (χ1v) is 10.9. The Labute approximate surface area is 196 Å². The highest BCUT2D eigenvalue weighted by Gasteiger charge is 2.19. The predicted octanol–water partition coefficient (Wildman–Crippen LogP) is 2.81. The molecule has 178 valence electrons. The number of nitrogen functional groups attached to an aromatic ring is 1. The maximum Gasteiger partial charge on any atom is 0.339 e. The summed E-state index contributed by atoms with van der Waals surface area (Å²) in [7, 11) is 0. The molecule has 0 fully saturated rings. The summed E-state index contributed by atoms with van der Waals surface area (Å²) in [6.45, 7) is 6.08. The molecule has 1 aromatic carbocycles. The van der Waals surface area contributed by atoms with Crippen LogP contribution in [0.4, 0.5) is 10.2 Å². The molecule has 2 heterocycles. The van der Waals surface area contributed by atoms with Crippen molar-refractivity contribution in [2.75, 3.05) is 18.9 Å². The minimum atomic E-state index is -0.407. The van der Waals surface area contributed by atoms with Crippen LogP contribution in [0.5, 0.6) is 0 Å². The van der Waals surface area contributed by atoms with Crippen LogP contribution in [0.3, 0.4) is 0 Å². The Kier molecular flexibility index (Phi) is 7.68. The quantitative estimate of drug-likeness (QED) is 0.369. The molecule has 0 saturated heterocycles. The Morgan fingerprint density at radius 2 is 1.97 bits per heavy atom. The van der Waals surface area contributed by atoms with Gasteiger partial charge >= 0.3 is 5.97 Å². The zero-order valence-electron chi connectivity index (χ0n) is 19.4. The average Bonchev–Trinajstić information content (AvgIpc) is 3.28. The zero-order valence-corrected chi connectivity index (χ0v) is 19.4. The largest absolute Gasteiger partial charge is 0.462 e. The summed E-state index contributed by atoms with van der Waals surface area (Å²) in [5.41, 5.74) is 9.31. The SMILES string of the molecule is CCOC(=O)c1cc(C)n(CC(=O)NCCCc2nn(-c3ccc(F)cc3)c(N)c2C#N)c1C. The van der Waals surface area contributed by atoms with Crippen LogP contribution in [0.15, 0.2) is 30.3 Å². The first-order chi connectivity index (χ1) is 16.3. The highest BCUT2D eigenvalue weighted by molar-refractivity contribution is 5.91. The fourth-order valence-corrected chi connectivity index (χ4v) is 3.70. The molecule has 3 N–H and O–H groups in total. The standard InChI is InChI=1S/C24H27FN6O3/c1-4-34-24(33)19-12-15(2)30(16(19)3)14-22(32)28-11-5-6-21-20(13-26)23(27)31(29-21)18-9-7-17(25)8-10-18/h7-10,12H,4-6,11,14,27H2,1-3H3,(H,28,32). The van der Waals surface area contributed by atoms with Crippen LogP contribution in [-0.2, 0) is 22.5 Å². The molecule has 0 unspecified atom stereocenters. The van der Waals surface area contributed by atoms with E-state index in [2.05, 4.69) is 16.5 Å². The van der Waals surface area contributed by atoms with Crippen molar-refractivity contribution in [2.24, 2.45) is 0 Å². The van der Waals surface area contributed by atoms with Gasteiger partial charge in [0.05, 0.1) is 23.6 Å². The number of nitriles is 1. The highest BCUT2D eigenvalue weighted by Crippen LogP contribution is 2.22. The number of halogens is 1. The van der Waals surface area contributed by atoms with Gasteiger partial charge in [0.1, 0.15) is 29.8 Å². The van der Waals surface area contributed by atoms with Crippen molar-refractivity contribution in [2.45, 2.75) is 40.2 Å².